The Kier molecular flexibility index (Phi) is 22.9. The molecule has 0 spiro atoms. The van der Waals surface area contributed by atoms with Gasteiger partial charge < -0.3 is 119 Å². The van der Waals surface area contributed by atoms with Gasteiger partial charge in [-0.2, -0.15) is 4.84 Å². The van der Waals surface area contributed by atoms with E-state index in [4.69, 9.17) is 52.2 Å². The van der Waals surface area contributed by atoms with Gasteiger partial charge in [-0.3, -0.25) is 9.59 Å². The second kappa shape index (κ2) is 27.3. The fraction of sp³-hybridized carbons (Fsp3) is 0.929. The maximum Gasteiger partial charge on any atom is 0.594 e. The predicted octanol–water partition coefficient (Wildman–Crippen LogP) is -7.93. The van der Waals surface area contributed by atoms with Crippen molar-refractivity contribution in [3.63, 3.8) is 0 Å². The molecular formula is C42H73N3O26+. The Labute approximate surface area is 408 Å². The lowest BCUT2D eigenvalue weighted by molar-refractivity contribution is -0.386. The van der Waals surface area contributed by atoms with Crippen LogP contribution in [0.15, 0.2) is 0 Å². The van der Waals surface area contributed by atoms with E-state index in [2.05, 4.69) is 16.1 Å². The highest BCUT2D eigenvalue weighted by atomic mass is 16.8. The van der Waals surface area contributed by atoms with Gasteiger partial charge >= 0.3 is 5.97 Å². The summed E-state index contributed by atoms with van der Waals surface area (Å²) in [6, 6.07) is -3.04. The Morgan fingerprint density at radius 2 is 0.944 bits per heavy atom. The van der Waals surface area contributed by atoms with E-state index in [1.54, 1.807) is 0 Å². The van der Waals surface area contributed by atoms with E-state index >= 15 is 0 Å². The van der Waals surface area contributed by atoms with Crippen LogP contribution >= 0.6 is 0 Å². The van der Waals surface area contributed by atoms with Gasteiger partial charge in [0.05, 0.1) is 43.4 Å². The molecule has 5 rings (SSSR count). The molecule has 5 aliphatic rings. The monoisotopic (exact) mass is 1040 g/mol. The lowest BCUT2D eigenvalue weighted by atomic mass is 9.93. The van der Waals surface area contributed by atoms with Crippen LogP contribution in [-0.4, -0.2) is 265 Å². The Morgan fingerprint density at radius 3 is 1.49 bits per heavy atom. The average molecular weight is 1040 g/mol. The van der Waals surface area contributed by atoms with Crippen molar-refractivity contribution in [2.75, 3.05) is 33.0 Å². The minimum atomic E-state index is -2.13. The molecule has 29 heteroatoms. The number of hydrogen-bond acceptors (Lipinski definition) is 27. The van der Waals surface area contributed by atoms with Gasteiger partial charge in [0.2, 0.25) is 11.8 Å². The van der Waals surface area contributed by atoms with E-state index in [1.807, 2.05) is 0 Å². The first-order valence-corrected chi connectivity index (χ1v) is 23.5. The van der Waals surface area contributed by atoms with Gasteiger partial charge in [0.1, 0.15) is 117 Å². The number of aliphatic hydroxyl groups is 12. The van der Waals surface area contributed by atoms with Crippen LogP contribution < -0.4 is 16.1 Å². The van der Waals surface area contributed by atoms with Gasteiger partial charge in [-0.25, -0.2) is 0 Å². The number of ether oxygens (including phenoxy) is 10. The van der Waals surface area contributed by atoms with E-state index in [0.717, 1.165) is 13.8 Å². The first-order chi connectivity index (χ1) is 33.6. The van der Waals surface area contributed by atoms with Crippen molar-refractivity contribution in [2.24, 2.45) is 0 Å². The Balaban J connectivity index is 1.40. The van der Waals surface area contributed by atoms with Crippen molar-refractivity contribution in [3.05, 3.63) is 0 Å². The molecule has 25 atom stereocenters. The summed E-state index contributed by atoms with van der Waals surface area (Å²) in [5, 5.41) is 135. The van der Waals surface area contributed by atoms with E-state index in [1.165, 1.54) is 20.8 Å². The van der Waals surface area contributed by atoms with Crippen LogP contribution in [0.3, 0.4) is 0 Å². The molecule has 5 saturated heterocycles. The smallest absolute Gasteiger partial charge is 0.394 e. The van der Waals surface area contributed by atoms with Crippen LogP contribution in [0.2, 0.25) is 0 Å². The fourth-order valence-corrected chi connectivity index (χ4v) is 8.85. The summed E-state index contributed by atoms with van der Waals surface area (Å²) in [4.78, 5) is 41.0. The first-order valence-electron chi connectivity index (χ1n) is 23.5. The second-order valence-corrected chi connectivity index (χ2v) is 18.1. The molecule has 1 radical (unpaired) electrons. The number of amides is 2. The molecule has 2 amide bonds. The molecule has 411 valence electrons. The van der Waals surface area contributed by atoms with Crippen LogP contribution in [0, 0.1) is 0 Å². The van der Waals surface area contributed by atoms with Crippen molar-refractivity contribution < 1.29 is 128 Å². The summed E-state index contributed by atoms with van der Waals surface area (Å²) in [5.74, 6) is -1.91. The van der Waals surface area contributed by atoms with Gasteiger partial charge in [0.15, 0.2) is 31.5 Å². The van der Waals surface area contributed by atoms with Crippen molar-refractivity contribution in [3.8, 4) is 0 Å². The maximum atomic E-state index is 12.8. The highest BCUT2D eigenvalue weighted by Gasteiger charge is 2.57. The first kappa shape index (κ1) is 59.4. The SMILES string of the molecule is CC(=O)N[C@H]1[C@H](O[C@H]2[C@@H](O)[C@@H](CO)O[C@@H](O[C@H]3[C@H](O[C@@H]4O[C@@H](C)[C@@H](O)[C@@H](O)[C@@H]4O)[C@@H](NC(C)=O)[C@H](OCCCCCCNOC(C)=[O+])O[C@@H]3CO)[C@@H]2O)O[C@H](CO)[C@@H](O[C@@H]2O[C@@H](C)[C@@H](O)[C@@H](O)[C@@H]2O)[C@@H]1O. The minimum Gasteiger partial charge on any atom is -0.394 e. The molecule has 29 nitrogen and oxygen atoms in total. The zero-order chi connectivity index (χ0) is 52.4. The van der Waals surface area contributed by atoms with Gasteiger partial charge in [0, 0.05) is 20.5 Å². The van der Waals surface area contributed by atoms with E-state index in [9.17, 15) is 75.7 Å². The summed E-state index contributed by atoms with van der Waals surface area (Å²) >= 11 is 0. The topological polar surface area (TPSA) is 434 Å². The van der Waals surface area contributed by atoms with Crippen molar-refractivity contribution in [1.29, 1.82) is 0 Å². The van der Waals surface area contributed by atoms with Crippen LogP contribution in [0.1, 0.15) is 60.3 Å². The Hall–Kier alpha value is -2.51. The molecule has 0 aromatic rings. The van der Waals surface area contributed by atoms with E-state index in [-0.39, 0.29) is 6.61 Å². The van der Waals surface area contributed by atoms with Gasteiger partial charge in [-0.1, -0.05) is 18.3 Å². The van der Waals surface area contributed by atoms with Crippen LogP contribution in [0.5, 0.6) is 0 Å². The summed E-state index contributed by atoms with van der Waals surface area (Å²) in [5.41, 5.74) is 2.54. The molecule has 0 saturated carbocycles. The molecule has 5 fully saturated rings. The zero-order valence-corrected chi connectivity index (χ0v) is 39.9. The molecule has 15 N–H and O–H groups in total. The number of carbonyl (C=O) groups is 3. The second-order valence-electron chi connectivity index (χ2n) is 18.1. The predicted molar refractivity (Wildman–Crippen MR) is 229 cm³/mol. The Bertz CT molecular complexity index is 1660. The number of aliphatic hydroxyl groups excluding tert-OH is 12. The normalized spacial score (nSPS) is 44.2. The van der Waals surface area contributed by atoms with Crippen LogP contribution in [0.4, 0.5) is 0 Å². The maximum absolute atomic E-state index is 12.8. The standard InChI is InChI=1S/C42H73N3O26/c1-15-25(52)29(56)31(58)40(62-15)67-34-21(13-47)66-39(23(28(34)55)44-17(3)49)70-37-27(54)20(12-46)64-42(33(37)60)68-35-22(14-48)65-38(61-11-9-7-6-8-10-43-71-19(5)51)24(45-18(4)50)36(35)69-41-32(59)30(57)26(53)16(2)63-41/h15-16,20-43,46-48,52-60H,6-14H2,1-5H3,(H,44,49)(H,45,50)/q+1/t15-,16-,20+,21+,22+,23+,24+,25+,26+,27-,28+,29+,30+,31-,32-,33+,34+,35+,36+,37-,38+,39-,40-,41-,42-/m0/s1. The van der Waals surface area contributed by atoms with E-state index in [0.29, 0.717) is 32.2 Å². The van der Waals surface area contributed by atoms with Gasteiger partial charge in [0.25, 0.3) is 0 Å². The zero-order valence-electron chi connectivity index (χ0n) is 39.9. The molecule has 5 heterocycles. The fourth-order valence-electron chi connectivity index (χ4n) is 8.85. The minimum absolute atomic E-state index is 0.0305. The molecule has 71 heavy (non-hydrogen) atoms. The Morgan fingerprint density at radius 1 is 0.479 bits per heavy atom. The van der Waals surface area contributed by atoms with Gasteiger partial charge in [-0.05, 0) is 26.7 Å². The number of rotatable bonds is 22. The molecule has 0 aromatic heterocycles. The highest BCUT2D eigenvalue weighted by molar-refractivity contribution is 5.73. The van der Waals surface area contributed by atoms with E-state index < -0.39 is 191 Å². The molecular weight excluding hydrogens is 962 g/mol. The summed E-state index contributed by atoms with van der Waals surface area (Å²) in [7, 11) is 0. The number of hydroxylamine groups is 1. The molecule has 0 aromatic carbocycles. The number of carbonyl (C=O) groups excluding carboxylic acids is 3. The molecule has 5 aliphatic heterocycles. The summed E-state index contributed by atoms with van der Waals surface area (Å²) in [6.07, 6.45) is -36.4. The molecule has 0 unspecified atom stereocenters. The van der Waals surface area contributed by atoms with Gasteiger partial charge in [-0.15, -0.1) is 0 Å². The van der Waals surface area contributed by atoms with Crippen LogP contribution in [-0.2, 0) is 66.6 Å². The highest BCUT2D eigenvalue weighted by Crippen LogP contribution is 2.36. The lowest BCUT2D eigenvalue weighted by Crippen LogP contribution is -2.71. The average Bonchev–Trinajstić information content (AvgIpc) is 3.32. The van der Waals surface area contributed by atoms with Crippen molar-refractivity contribution in [1.82, 2.24) is 16.1 Å². The molecule has 0 aliphatic carbocycles. The summed E-state index contributed by atoms with van der Waals surface area (Å²) in [6.45, 7) is 3.93. The third kappa shape index (κ3) is 14.9. The third-order valence-corrected chi connectivity index (χ3v) is 12.7. The number of hydrogen-bond donors (Lipinski definition) is 15. The van der Waals surface area contributed by atoms with Crippen molar-refractivity contribution >= 4 is 17.8 Å². The number of unbranched alkanes of at least 4 members (excludes halogenated alkanes) is 3. The largest absolute Gasteiger partial charge is 0.594 e. The number of nitrogens with one attached hydrogen (secondary N) is 3. The van der Waals surface area contributed by atoms with Crippen LogP contribution in [0.25, 0.3) is 0 Å². The molecule has 0 bridgehead atoms. The lowest BCUT2D eigenvalue weighted by Gasteiger charge is -2.51. The van der Waals surface area contributed by atoms with Crippen molar-refractivity contribution in [2.45, 2.75) is 214 Å². The quantitative estimate of drug-likeness (QED) is 0.0272. The third-order valence-electron chi connectivity index (χ3n) is 12.7. The summed E-state index contributed by atoms with van der Waals surface area (Å²) < 4.78 is 59.6.